The van der Waals surface area contributed by atoms with Crippen molar-refractivity contribution in [2.24, 2.45) is 0 Å². The third-order valence-electron chi connectivity index (χ3n) is 2.11. The number of hydrogen-bond donors (Lipinski definition) is 1. The van der Waals surface area contributed by atoms with E-state index < -0.39 is 0 Å². The molecule has 0 aromatic heterocycles. The minimum Gasteiger partial charge on any atom is -0.496 e. The van der Waals surface area contributed by atoms with Crippen LogP contribution in [0, 0.1) is 6.92 Å². The molecule has 0 saturated heterocycles. The van der Waals surface area contributed by atoms with Crippen LogP contribution in [0.1, 0.15) is 5.56 Å². The van der Waals surface area contributed by atoms with E-state index >= 15 is 0 Å². The highest BCUT2D eigenvalue weighted by molar-refractivity contribution is 5.35. The van der Waals surface area contributed by atoms with E-state index in [0.29, 0.717) is 0 Å². The molecule has 0 saturated carbocycles. The lowest BCUT2D eigenvalue weighted by atomic mass is 10.2. The third kappa shape index (κ3) is 4.05. The lowest BCUT2D eigenvalue weighted by molar-refractivity contribution is 0.411. The Morgan fingerprint density at radius 2 is 1.44 bits per heavy atom. The predicted molar refractivity (Wildman–Crippen MR) is 68.6 cm³/mol. The molecular formula is C14H17NO. The summed E-state index contributed by atoms with van der Waals surface area (Å²) in [6, 6.07) is 17.4. The summed E-state index contributed by atoms with van der Waals surface area (Å²) in [4.78, 5) is 0. The molecule has 0 atom stereocenters. The fourth-order valence-corrected chi connectivity index (χ4v) is 1.24. The number of nitrogens with two attached hydrogens (primary N) is 1. The van der Waals surface area contributed by atoms with Crippen LogP contribution in [0.5, 0.6) is 5.75 Å². The molecule has 0 amide bonds. The molecule has 2 aromatic rings. The van der Waals surface area contributed by atoms with Crippen molar-refractivity contribution in [2.45, 2.75) is 6.92 Å². The molecule has 16 heavy (non-hydrogen) atoms. The maximum atomic E-state index is 5.36. The van der Waals surface area contributed by atoms with Crippen LogP contribution in [0.15, 0.2) is 54.6 Å². The summed E-state index contributed by atoms with van der Waals surface area (Å²) in [5, 5.41) is 0. The quantitative estimate of drug-likeness (QED) is 0.741. The van der Waals surface area contributed by atoms with Crippen molar-refractivity contribution in [1.82, 2.24) is 0 Å². The topological polar surface area (TPSA) is 35.2 Å². The number of anilines is 1. The van der Waals surface area contributed by atoms with Gasteiger partial charge in [-0.25, -0.2) is 0 Å². The lowest BCUT2D eigenvalue weighted by Gasteiger charge is -2.00. The molecule has 0 fully saturated rings. The Labute approximate surface area is 96.7 Å². The summed E-state index contributed by atoms with van der Waals surface area (Å²) in [7, 11) is 1.68. The van der Waals surface area contributed by atoms with Crippen LogP contribution in [0.4, 0.5) is 5.69 Å². The monoisotopic (exact) mass is 215 g/mol. The van der Waals surface area contributed by atoms with Gasteiger partial charge in [0.05, 0.1) is 7.11 Å². The van der Waals surface area contributed by atoms with E-state index in [4.69, 9.17) is 10.5 Å². The molecule has 2 aromatic carbocycles. The number of hydrogen-bond acceptors (Lipinski definition) is 2. The van der Waals surface area contributed by atoms with Crippen LogP contribution < -0.4 is 10.5 Å². The van der Waals surface area contributed by atoms with E-state index in [1.54, 1.807) is 7.11 Å². The van der Waals surface area contributed by atoms with Gasteiger partial charge in [0.25, 0.3) is 0 Å². The molecule has 0 aliphatic rings. The number of para-hydroxylation sites is 2. The molecule has 84 valence electrons. The summed E-state index contributed by atoms with van der Waals surface area (Å²) < 4.78 is 5.04. The molecule has 2 rings (SSSR count). The van der Waals surface area contributed by atoms with Crippen LogP contribution in [0.3, 0.4) is 0 Å². The smallest absolute Gasteiger partial charge is 0.121 e. The zero-order valence-corrected chi connectivity index (χ0v) is 9.68. The highest BCUT2D eigenvalue weighted by Crippen LogP contribution is 2.14. The van der Waals surface area contributed by atoms with Gasteiger partial charge in [-0.15, -0.1) is 0 Å². The second kappa shape index (κ2) is 6.51. The van der Waals surface area contributed by atoms with Gasteiger partial charge < -0.3 is 10.5 Å². The number of nitrogen functional groups attached to an aromatic ring is 1. The number of aryl methyl sites for hydroxylation is 1. The Morgan fingerprint density at radius 3 is 1.81 bits per heavy atom. The van der Waals surface area contributed by atoms with Crippen LogP contribution in [-0.4, -0.2) is 7.11 Å². The molecule has 0 unspecified atom stereocenters. The number of rotatable bonds is 1. The molecule has 0 heterocycles. The van der Waals surface area contributed by atoms with E-state index in [0.717, 1.165) is 11.4 Å². The number of methoxy groups -OCH3 is 1. The summed E-state index contributed by atoms with van der Waals surface area (Å²) in [5.74, 6) is 0.956. The molecular weight excluding hydrogens is 198 g/mol. The molecule has 2 nitrogen and oxygen atoms in total. The van der Waals surface area contributed by atoms with Crippen molar-refractivity contribution in [1.29, 1.82) is 0 Å². The Bertz CT molecular complexity index is 412. The van der Waals surface area contributed by atoms with Gasteiger partial charge in [-0.05, 0) is 30.7 Å². The first-order valence-electron chi connectivity index (χ1n) is 5.14. The summed E-state index contributed by atoms with van der Waals surface area (Å²) in [6.45, 7) is 2.03. The predicted octanol–water partition coefficient (Wildman–Crippen LogP) is 3.27. The van der Waals surface area contributed by atoms with Gasteiger partial charge in [0.15, 0.2) is 0 Å². The Morgan fingerprint density at radius 1 is 0.875 bits per heavy atom. The molecule has 2 heteroatoms. The highest BCUT2D eigenvalue weighted by Gasteiger charge is 1.90. The van der Waals surface area contributed by atoms with Gasteiger partial charge in [0.1, 0.15) is 5.75 Å². The lowest BCUT2D eigenvalue weighted by Crippen LogP contribution is -1.84. The first kappa shape index (κ1) is 12.1. The Balaban J connectivity index is 0.000000165. The number of benzene rings is 2. The van der Waals surface area contributed by atoms with E-state index in [1.165, 1.54) is 5.56 Å². The maximum Gasteiger partial charge on any atom is 0.121 e. The largest absolute Gasteiger partial charge is 0.496 e. The summed E-state index contributed by atoms with van der Waals surface area (Å²) in [6.07, 6.45) is 0. The maximum absolute atomic E-state index is 5.36. The van der Waals surface area contributed by atoms with Crippen molar-refractivity contribution in [2.75, 3.05) is 12.8 Å². The number of ether oxygens (including phenoxy) is 1. The molecule has 0 bridgehead atoms. The standard InChI is InChI=1S/C8H10O.C6H7N/c1-7-5-3-4-6-8(7)9-2;7-6-4-2-1-3-5-6/h3-6H,1-2H3;1-5H,7H2. The molecule has 0 aliphatic heterocycles. The second-order valence-electron chi connectivity index (χ2n) is 3.38. The average molecular weight is 215 g/mol. The van der Waals surface area contributed by atoms with Crippen LogP contribution >= 0.6 is 0 Å². The molecule has 2 N–H and O–H groups in total. The SMILES string of the molecule is COc1ccccc1C.Nc1ccccc1. The van der Waals surface area contributed by atoms with Gasteiger partial charge in [-0.3, -0.25) is 0 Å². The zero-order valence-electron chi connectivity index (χ0n) is 9.68. The van der Waals surface area contributed by atoms with Crippen molar-refractivity contribution in [3.63, 3.8) is 0 Å². The second-order valence-corrected chi connectivity index (χ2v) is 3.38. The van der Waals surface area contributed by atoms with Crippen molar-refractivity contribution < 1.29 is 4.74 Å². The van der Waals surface area contributed by atoms with E-state index in [1.807, 2.05) is 61.5 Å². The molecule has 0 aliphatic carbocycles. The minimum absolute atomic E-state index is 0.822. The fraction of sp³-hybridized carbons (Fsp3) is 0.143. The van der Waals surface area contributed by atoms with Crippen molar-refractivity contribution in [3.8, 4) is 5.75 Å². The van der Waals surface area contributed by atoms with E-state index in [-0.39, 0.29) is 0 Å². The van der Waals surface area contributed by atoms with Gasteiger partial charge in [0, 0.05) is 5.69 Å². The first-order chi connectivity index (χ1) is 7.74. The Hall–Kier alpha value is -1.96. The van der Waals surface area contributed by atoms with Gasteiger partial charge in [-0.2, -0.15) is 0 Å². The normalized spacial score (nSPS) is 8.88. The van der Waals surface area contributed by atoms with E-state index in [9.17, 15) is 0 Å². The highest BCUT2D eigenvalue weighted by atomic mass is 16.5. The first-order valence-corrected chi connectivity index (χ1v) is 5.14. The zero-order chi connectivity index (χ0) is 11.8. The van der Waals surface area contributed by atoms with E-state index in [2.05, 4.69) is 0 Å². The van der Waals surface area contributed by atoms with Crippen LogP contribution in [0.2, 0.25) is 0 Å². The van der Waals surface area contributed by atoms with Crippen LogP contribution in [-0.2, 0) is 0 Å². The molecule has 0 spiro atoms. The summed E-state index contributed by atoms with van der Waals surface area (Å²) >= 11 is 0. The van der Waals surface area contributed by atoms with Gasteiger partial charge in [-0.1, -0.05) is 36.4 Å². The van der Waals surface area contributed by atoms with Gasteiger partial charge >= 0.3 is 0 Å². The average Bonchev–Trinajstić information content (AvgIpc) is 2.31. The van der Waals surface area contributed by atoms with Crippen molar-refractivity contribution >= 4 is 5.69 Å². The third-order valence-corrected chi connectivity index (χ3v) is 2.11. The Kier molecular flexibility index (Phi) is 4.93. The van der Waals surface area contributed by atoms with Crippen LogP contribution in [0.25, 0.3) is 0 Å². The fourth-order valence-electron chi connectivity index (χ4n) is 1.24. The van der Waals surface area contributed by atoms with Crippen molar-refractivity contribution in [3.05, 3.63) is 60.2 Å². The minimum atomic E-state index is 0.822. The summed E-state index contributed by atoms with van der Waals surface area (Å²) in [5.41, 5.74) is 7.36. The molecule has 0 radical (unpaired) electrons. The van der Waals surface area contributed by atoms with Gasteiger partial charge in [0.2, 0.25) is 0 Å².